The lowest BCUT2D eigenvalue weighted by Crippen LogP contribution is -2.34. The molecule has 0 spiro atoms. The third kappa shape index (κ3) is 10.1. The Bertz CT molecular complexity index is 435. The van der Waals surface area contributed by atoms with Crippen LogP contribution < -0.4 is 16.4 Å². The molecule has 1 rings (SSSR count). The number of amides is 1. The van der Waals surface area contributed by atoms with E-state index in [-0.39, 0.29) is 35.9 Å². The van der Waals surface area contributed by atoms with Gasteiger partial charge in [0.2, 0.25) is 5.91 Å². The number of halogens is 1. The molecule has 0 aliphatic rings. The van der Waals surface area contributed by atoms with Crippen molar-refractivity contribution >= 4 is 35.8 Å². The maximum absolute atomic E-state index is 11.4. The molecule has 0 atom stereocenters. The first-order valence-corrected chi connectivity index (χ1v) is 6.95. The minimum absolute atomic E-state index is 0. The minimum atomic E-state index is 0. The summed E-state index contributed by atoms with van der Waals surface area (Å²) in [7, 11) is 0. The lowest BCUT2D eigenvalue weighted by molar-refractivity contribution is -0.121. The van der Waals surface area contributed by atoms with Gasteiger partial charge in [0.25, 0.3) is 0 Å². The third-order valence-corrected chi connectivity index (χ3v) is 2.63. The van der Waals surface area contributed by atoms with Crippen LogP contribution in [0.15, 0.2) is 35.3 Å². The molecule has 1 aromatic carbocycles. The van der Waals surface area contributed by atoms with Crippen LogP contribution in [0.25, 0.3) is 0 Å². The quantitative estimate of drug-likeness (QED) is 0.368. The molecule has 0 aliphatic heterocycles. The molecule has 1 aromatic rings. The number of hydrogen-bond acceptors (Lipinski definition) is 2. The average Bonchev–Trinajstić information content (AvgIpc) is 2.39. The Morgan fingerprint density at radius 1 is 1.29 bits per heavy atom. The molecule has 0 unspecified atom stereocenters. The first-order chi connectivity index (χ1) is 9.58. The smallest absolute Gasteiger partial charge is 0.222 e. The molecule has 0 radical (unpaired) electrons. The van der Waals surface area contributed by atoms with Crippen LogP contribution >= 0.6 is 24.0 Å². The van der Waals surface area contributed by atoms with Crippen LogP contribution in [0.4, 0.5) is 0 Å². The Morgan fingerprint density at radius 2 is 1.95 bits per heavy atom. The summed E-state index contributed by atoms with van der Waals surface area (Å²) in [6.45, 7) is 5.00. The van der Waals surface area contributed by atoms with Crippen LogP contribution in [-0.2, 0) is 11.2 Å². The monoisotopic (exact) mass is 404 g/mol. The molecule has 21 heavy (non-hydrogen) atoms. The molecule has 0 aliphatic carbocycles. The van der Waals surface area contributed by atoms with Crippen molar-refractivity contribution in [3.63, 3.8) is 0 Å². The first kappa shape index (κ1) is 19.7. The summed E-state index contributed by atoms with van der Waals surface area (Å²) in [6, 6.07) is 10.3. The van der Waals surface area contributed by atoms with Crippen molar-refractivity contribution in [2.24, 2.45) is 10.7 Å². The van der Waals surface area contributed by atoms with Crippen LogP contribution in [0.5, 0.6) is 0 Å². The van der Waals surface area contributed by atoms with Crippen molar-refractivity contribution in [2.45, 2.75) is 32.7 Å². The molecule has 0 aromatic heterocycles. The fourth-order valence-electron chi connectivity index (χ4n) is 1.71. The highest BCUT2D eigenvalue weighted by Gasteiger charge is 2.02. The van der Waals surface area contributed by atoms with Gasteiger partial charge in [-0.25, -0.2) is 0 Å². The summed E-state index contributed by atoms with van der Waals surface area (Å²) in [5, 5.41) is 5.85. The van der Waals surface area contributed by atoms with E-state index in [1.807, 2.05) is 32.0 Å². The number of nitrogens with one attached hydrogen (secondary N) is 2. The molecule has 118 valence electrons. The van der Waals surface area contributed by atoms with Gasteiger partial charge in [0.05, 0.1) is 6.54 Å². The summed E-state index contributed by atoms with van der Waals surface area (Å²) in [5.74, 6) is 0.388. The molecule has 0 bridgehead atoms. The fraction of sp³-hybridized carbons (Fsp3) is 0.467. The van der Waals surface area contributed by atoms with Gasteiger partial charge in [-0.05, 0) is 25.8 Å². The van der Waals surface area contributed by atoms with Crippen molar-refractivity contribution in [1.29, 1.82) is 0 Å². The van der Waals surface area contributed by atoms with E-state index in [0.717, 1.165) is 13.0 Å². The number of guanidine groups is 1. The van der Waals surface area contributed by atoms with Gasteiger partial charge in [0.1, 0.15) is 0 Å². The Morgan fingerprint density at radius 3 is 2.57 bits per heavy atom. The SMILES string of the molecule is CC(C)NC(=O)CCN=C(N)NCCc1ccccc1.I. The van der Waals surface area contributed by atoms with Crippen molar-refractivity contribution in [3.8, 4) is 0 Å². The van der Waals surface area contributed by atoms with E-state index in [2.05, 4.69) is 27.8 Å². The standard InChI is InChI=1S/C15H24N4O.HI/c1-12(2)19-14(20)9-11-18-15(16)17-10-8-13-6-4-3-5-7-13;/h3-7,12H,8-11H2,1-2H3,(H,19,20)(H3,16,17,18);1H. The zero-order chi connectivity index (χ0) is 14.8. The van der Waals surface area contributed by atoms with Crippen molar-refractivity contribution in [3.05, 3.63) is 35.9 Å². The van der Waals surface area contributed by atoms with Gasteiger partial charge in [0.15, 0.2) is 5.96 Å². The third-order valence-electron chi connectivity index (χ3n) is 2.63. The van der Waals surface area contributed by atoms with Gasteiger partial charge in [-0.2, -0.15) is 0 Å². The van der Waals surface area contributed by atoms with E-state index in [1.54, 1.807) is 0 Å². The van der Waals surface area contributed by atoms with E-state index in [9.17, 15) is 4.79 Å². The molecule has 5 nitrogen and oxygen atoms in total. The number of hydrogen-bond donors (Lipinski definition) is 3. The number of carbonyl (C=O) groups excluding carboxylic acids is 1. The second kappa shape index (κ2) is 11.4. The van der Waals surface area contributed by atoms with Crippen molar-refractivity contribution < 1.29 is 4.79 Å². The number of benzene rings is 1. The van der Waals surface area contributed by atoms with E-state index >= 15 is 0 Å². The minimum Gasteiger partial charge on any atom is -0.370 e. The van der Waals surface area contributed by atoms with Gasteiger partial charge in [-0.15, -0.1) is 24.0 Å². The topological polar surface area (TPSA) is 79.5 Å². The first-order valence-electron chi connectivity index (χ1n) is 6.95. The van der Waals surface area contributed by atoms with Gasteiger partial charge >= 0.3 is 0 Å². The number of rotatable bonds is 7. The molecular formula is C15H25IN4O. The Balaban J connectivity index is 0.00000400. The highest BCUT2D eigenvalue weighted by atomic mass is 127. The maximum atomic E-state index is 11.4. The summed E-state index contributed by atoms with van der Waals surface area (Å²) < 4.78 is 0. The average molecular weight is 404 g/mol. The Kier molecular flexibility index (Phi) is 10.7. The van der Waals surface area contributed by atoms with Gasteiger partial charge in [-0.3, -0.25) is 9.79 Å². The van der Waals surface area contributed by atoms with Crippen LogP contribution in [0.3, 0.4) is 0 Å². The predicted octanol–water partition coefficient (Wildman–Crippen LogP) is 1.67. The van der Waals surface area contributed by atoms with Crippen LogP contribution in [-0.4, -0.2) is 31.0 Å². The normalized spacial score (nSPS) is 10.9. The second-order valence-corrected chi connectivity index (χ2v) is 4.90. The molecular weight excluding hydrogens is 379 g/mol. The Hall–Kier alpha value is -1.31. The molecule has 4 N–H and O–H groups in total. The summed E-state index contributed by atoms with van der Waals surface area (Å²) >= 11 is 0. The highest BCUT2D eigenvalue weighted by Crippen LogP contribution is 1.97. The molecule has 0 fully saturated rings. The van der Waals surface area contributed by atoms with Crippen LogP contribution in [0.2, 0.25) is 0 Å². The lowest BCUT2D eigenvalue weighted by atomic mass is 10.1. The van der Waals surface area contributed by atoms with E-state index in [4.69, 9.17) is 5.73 Å². The summed E-state index contributed by atoms with van der Waals surface area (Å²) in [5.41, 5.74) is 6.99. The molecule has 0 saturated heterocycles. The van der Waals surface area contributed by atoms with E-state index < -0.39 is 0 Å². The predicted molar refractivity (Wildman–Crippen MR) is 97.9 cm³/mol. The summed E-state index contributed by atoms with van der Waals surface area (Å²) in [6.07, 6.45) is 1.25. The second-order valence-electron chi connectivity index (χ2n) is 4.90. The van der Waals surface area contributed by atoms with Crippen LogP contribution in [0, 0.1) is 0 Å². The fourth-order valence-corrected chi connectivity index (χ4v) is 1.71. The van der Waals surface area contributed by atoms with Gasteiger partial charge < -0.3 is 16.4 Å². The van der Waals surface area contributed by atoms with E-state index in [0.29, 0.717) is 18.9 Å². The number of carbonyl (C=O) groups is 1. The lowest BCUT2D eigenvalue weighted by Gasteiger charge is -2.08. The van der Waals surface area contributed by atoms with Gasteiger partial charge in [0, 0.05) is 19.0 Å². The van der Waals surface area contributed by atoms with Crippen molar-refractivity contribution in [2.75, 3.05) is 13.1 Å². The zero-order valence-corrected chi connectivity index (χ0v) is 15.0. The molecule has 6 heteroatoms. The highest BCUT2D eigenvalue weighted by molar-refractivity contribution is 14.0. The maximum Gasteiger partial charge on any atom is 0.222 e. The summed E-state index contributed by atoms with van der Waals surface area (Å²) in [4.78, 5) is 15.5. The van der Waals surface area contributed by atoms with Gasteiger partial charge in [-0.1, -0.05) is 30.3 Å². The van der Waals surface area contributed by atoms with E-state index in [1.165, 1.54) is 5.56 Å². The number of nitrogens with zero attached hydrogens (tertiary/aromatic N) is 1. The molecule has 0 heterocycles. The number of nitrogens with two attached hydrogens (primary N) is 1. The van der Waals surface area contributed by atoms with Crippen LogP contribution in [0.1, 0.15) is 25.8 Å². The Labute approximate surface area is 143 Å². The largest absolute Gasteiger partial charge is 0.370 e. The molecule has 0 saturated carbocycles. The molecule has 1 amide bonds. The van der Waals surface area contributed by atoms with Crippen molar-refractivity contribution in [1.82, 2.24) is 10.6 Å². The number of aliphatic imine (C=N–C) groups is 1. The zero-order valence-electron chi connectivity index (χ0n) is 12.6.